The Kier molecular flexibility index (Phi) is 4.86. The largest absolute Gasteiger partial charge is 0.374 e. The van der Waals surface area contributed by atoms with E-state index in [0.717, 1.165) is 9.87 Å². The Morgan fingerprint density at radius 1 is 1.29 bits per heavy atom. The fourth-order valence-electron chi connectivity index (χ4n) is 2.28. The topological polar surface area (TPSA) is 92.6 Å². The number of nitro benzene ring substituents is 1. The van der Waals surface area contributed by atoms with Gasteiger partial charge in [-0.1, -0.05) is 16.0 Å². The second-order valence-corrected chi connectivity index (χ2v) is 6.26. The molecule has 1 aliphatic rings. The molecule has 0 aliphatic carbocycles. The third kappa shape index (κ3) is 4.45. The maximum absolute atomic E-state index is 12.8. The lowest BCUT2D eigenvalue weighted by Crippen LogP contribution is -2.43. The maximum Gasteiger partial charge on any atom is 0.374 e. The number of benzene rings is 1. The van der Waals surface area contributed by atoms with Gasteiger partial charge in [0.15, 0.2) is 0 Å². The Morgan fingerprint density at radius 2 is 1.86 bits per heavy atom. The molecule has 0 bridgehead atoms. The third-order valence-electron chi connectivity index (χ3n) is 3.50. The maximum atomic E-state index is 12.8. The molecule has 0 saturated carbocycles. The monoisotopic (exact) mass is 317 g/mol. The highest BCUT2D eigenvalue weighted by molar-refractivity contribution is 7.83. The van der Waals surface area contributed by atoms with Crippen molar-refractivity contribution in [2.45, 2.75) is 25.4 Å². The van der Waals surface area contributed by atoms with Gasteiger partial charge in [0.25, 0.3) is 5.69 Å². The second-order valence-electron chi connectivity index (χ2n) is 4.92. The molecular weight excluding hydrogens is 301 g/mol. The van der Waals surface area contributed by atoms with Gasteiger partial charge in [-0.25, -0.2) is 0 Å². The second kappa shape index (κ2) is 6.46. The lowest BCUT2D eigenvalue weighted by atomic mass is 10.1. The normalized spacial score (nSPS) is 17.8. The van der Waals surface area contributed by atoms with Crippen LogP contribution in [0, 0.1) is 10.1 Å². The molecule has 1 fully saturated rings. The van der Waals surface area contributed by atoms with Crippen LogP contribution in [-0.2, 0) is 17.0 Å². The van der Waals surface area contributed by atoms with E-state index in [1.165, 1.54) is 12.1 Å². The van der Waals surface area contributed by atoms with Gasteiger partial charge in [0, 0.05) is 37.8 Å². The van der Waals surface area contributed by atoms with Gasteiger partial charge in [-0.05, 0) is 18.4 Å². The van der Waals surface area contributed by atoms with Crippen LogP contribution in [0.2, 0.25) is 0 Å². The smallest absolute Gasteiger partial charge is 0.310 e. The first-order valence-corrected chi connectivity index (χ1v) is 7.87. The predicted molar refractivity (Wildman–Crippen MR) is 74.6 cm³/mol. The van der Waals surface area contributed by atoms with Crippen molar-refractivity contribution in [2.24, 2.45) is 0 Å². The zero-order valence-electron chi connectivity index (χ0n) is 11.2. The van der Waals surface area contributed by atoms with Crippen molar-refractivity contribution in [1.29, 1.82) is 0 Å². The van der Waals surface area contributed by atoms with Crippen LogP contribution in [0.3, 0.4) is 0 Å². The zero-order chi connectivity index (χ0) is 15.5. The van der Waals surface area contributed by atoms with Crippen molar-refractivity contribution in [3.05, 3.63) is 39.9 Å². The molecule has 116 valence electrons. The summed E-state index contributed by atoms with van der Waals surface area (Å²) in [6, 6.07) is 6.33. The van der Waals surface area contributed by atoms with Crippen LogP contribution in [0.25, 0.3) is 0 Å². The van der Waals surface area contributed by atoms with Crippen LogP contribution in [0.4, 0.5) is 9.57 Å². The average molecular weight is 317 g/mol. The quantitative estimate of drug-likeness (QED) is 0.503. The summed E-state index contributed by atoms with van der Waals surface area (Å²) in [6.45, 7) is 0.860. The first kappa shape index (κ1) is 15.8. The van der Waals surface area contributed by atoms with Crippen molar-refractivity contribution < 1.29 is 17.2 Å². The number of non-ortho nitro benzene ring substituents is 1. The van der Waals surface area contributed by atoms with E-state index in [0.29, 0.717) is 19.4 Å². The predicted octanol–water partition coefficient (Wildman–Crippen LogP) is 1.36. The van der Waals surface area contributed by atoms with Crippen molar-refractivity contribution >= 4 is 16.1 Å². The van der Waals surface area contributed by atoms with E-state index >= 15 is 0 Å². The highest BCUT2D eigenvalue weighted by atomic mass is 32.3. The summed E-state index contributed by atoms with van der Waals surface area (Å²) in [5.74, 6) is 0. The lowest BCUT2D eigenvalue weighted by Gasteiger charge is -2.29. The number of hydrogen-bond donors (Lipinski definition) is 1. The SMILES string of the molecule is O=[N+]([O-])c1ccc(CNC2CCN(S(=O)(=O)F)CC2)cc1. The molecule has 0 atom stereocenters. The number of rotatable bonds is 5. The zero-order valence-corrected chi connectivity index (χ0v) is 12.1. The molecule has 1 aromatic rings. The molecule has 7 nitrogen and oxygen atoms in total. The lowest BCUT2D eigenvalue weighted by molar-refractivity contribution is -0.384. The molecule has 0 radical (unpaired) electrons. The Bertz CT molecular complexity index is 597. The minimum Gasteiger partial charge on any atom is -0.310 e. The molecule has 1 aromatic carbocycles. The van der Waals surface area contributed by atoms with E-state index < -0.39 is 15.3 Å². The molecule has 0 amide bonds. The average Bonchev–Trinajstić information content (AvgIpc) is 2.45. The highest BCUT2D eigenvalue weighted by Crippen LogP contribution is 2.16. The van der Waals surface area contributed by atoms with Crippen LogP contribution in [0.15, 0.2) is 24.3 Å². The molecule has 1 aliphatic heterocycles. The fraction of sp³-hybridized carbons (Fsp3) is 0.500. The van der Waals surface area contributed by atoms with Gasteiger partial charge in [0.05, 0.1) is 4.92 Å². The van der Waals surface area contributed by atoms with Gasteiger partial charge >= 0.3 is 10.4 Å². The van der Waals surface area contributed by atoms with Gasteiger partial charge in [0.1, 0.15) is 0 Å². The van der Waals surface area contributed by atoms with E-state index in [4.69, 9.17) is 0 Å². The molecule has 1 heterocycles. The number of nitrogens with zero attached hydrogens (tertiary/aromatic N) is 2. The molecule has 0 spiro atoms. The van der Waals surface area contributed by atoms with E-state index in [1.807, 2.05) is 0 Å². The van der Waals surface area contributed by atoms with E-state index in [9.17, 15) is 22.4 Å². The fourth-order valence-corrected chi connectivity index (χ4v) is 2.92. The van der Waals surface area contributed by atoms with Crippen LogP contribution >= 0.6 is 0 Å². The van der Waals surface area contributed by atoms with Gasteiger partial charge in [-0.2, -0.15) is 12.7 Å². The van der Waals surface area contributed by atoms with Crippen molar-refractivity contribution in [1.82, 2.24) is 9.62 Å². The molecule has 2 rings (SSSR count). The van der Waals surface area contributed by atoms with Crippen molar-refractivity contribution in [3.8, 4) is 0 Å². The number of nitro groups is 1. The van der Waals surface area contributed by atoms with Crippen LogP contribution in [-0.4, -0.2) is 36.8 Å². The Morgan fingerprint density at radius 3 is 2.33 bits per heavy atom. The third-order valence-corrected chi connectivity index (χ3v) is 4.49. The van der Waals surface area contributed by atoms with Crippen LogP contribution in [0.1, 0.15) is 18.4 Å². The first-order valence-electron chi connectivity index (χ1n) is 6.53. The minimum atomic E-state index is -4.59. The summed E-state index contributed by atoms with van der Waals surface area (Å²) in [5.41, 5.74) is 0.946. The summed E-state index contributed by atoms with van der Waals surface area (Å²) >= 11 is 0. The molecule has 21 heavy (non-hydrogen) atoms. The van der Waals surface area contributed by atoms with Gasteiger partial charge < -0.3 is 5.32 Å². The van der Waals surface area contributed by atoms with Gasteiger partial charge in [-0.3, -0.25) is 10.1 Å². The summed E-state index contributed by atoms with van der Waals surface area (Å²) in [5, 5.41) is 13.8. The summed E-state index contributed by atoms with van der Waals surface area (Å²) < 4.78 is 35.1. The summed E-state index contributed by atoms with van der Waals surface area (Å²) in [4.78, 5) is 10.1. The number of halogens is 1. The van der Waals surface area contributed by atoms with Crippen LogP contribution in [0.5, 0.6) is 0 Å². The standard InChI is InChI=1S/C12H16FN3O4S/c13-21(19,20)15-7-5-11(6-8-15)14-9-10-1-3-12(4-2-10)16(17)18/h1-4,11,14H,5-9H2. The molecule has 1 saturated heterocycles. The van der Waals surface area contributed by atoms with Gasteiger partial charge in [0.2, 0.25) is 0 Å². The molecular formula is C12H16FN3O4S. The van der Waals surface area contributed by atoms with E-state index in [2.05, 4.69) is 5.32 Å². The molecule has 9 heteroatoms. The minimum absolute atomic E-state index is 0.0419. The van der Waals surface area contributed by atoms with Crippen molar-refractivity contribution in [3.63, 3.8) is 0 Å². The Labute approximate surface area is 122 Å². The number of nitrogens with one attached hydrogen (secondary N) is 1. The van der Waals surface area contributed by atoms with E-state index in [-0.39, 0.29) is 24.8 Å². The molecule has 0 aromatic heterocycles. The Balaban J connectivity index is 1.81. The van der Waals surface area contributed by atoms with Crippen molar-refractivity contribution in [2.75, 3.05) is 13.1 Å². The van der Waals surface area contributed by atoms with E-state index in [1.54, 1.807) is 12.1 Å². The van der Waals surface area contributed by atoms with Crippen LogP contribution < -0.4 is 5.32 Å². The number of piperidine rings is 1. The molecule has 0 unspecified atom stereocenters. The Hall–Kier alpha value is -1.58. The number of hydrogen-bond acceptors (Lipinski definition) is 5. The highest BCUT2D eigenvalue weighted by Gasteiger charge is 2.27. The van der Waals surface area contributed by atoms with Gasteiger partial charge in [-0.15, -0.1) is 0 Å². The molecule has 1 N–H and O–H groups in total. The summed E-state index contributed by atoms with van der Waals surface area (Å²) in [6.07, 6.45) is 1.08. The summed E-state index contributed by atoms with van der Waals surface area (Å²) in [7, 11) is -4.59. The first-order chi connectivity index (χ1) is 9.86.